The standard InChI is InChI=1S/C20H16ClN3O2/c1-26-16-8-6-14(7-9-16)18-12-19-20(25)23(10-11-24(19)22-18)13-15-4-2-3-5-17(15)21/h2-12H,13H2,1H3. The highest BCUT2D eigenvalue weighted by atomic mass is 35.5. The van der Waals surface area contributed by atoms with Crippen LogP contribution < -0.4 is 10.3 Å². The summed E-state index contributed by atoms with van der Waals surface area (Å²) in [5.74, 6) is 0.777. The van der Waals surface area contributed by atoms with E-state index in [0.29, 0.717) is 17.1 Å². The zero-order valence-electron chi connectivity index (χ0n) is 14.1. The summed E-state index contributed by atoms with van der Waals surface area (Å²) in [6.45, 7) is 0.415. The Morgan fingerprint density at radius 2 is 1.85 bits per heavy atom. The van der Waals surface area contributed by atoms with E-state index in [4.69, 9.17) is 16.3 Å². The van der Waals surface area contributed by atoms with Crippen molar-refractivity contribution < 1.29 is 4.74 Å². The van der Waals surface area contributed by atoms with E-state index in [2.05, 4.69) is 5.10 Å². The average Bonchev–Trinajstić information content (AvgIpc) is 3.11. The Morgan fingerprint density at radius 1 is 1.08 bits per heavy atom. The predicted molar refractivity (Wildman–Crippen MR) is 102 cm³/mol. The summed E-state index contributed by atoms with van der Waals surface area (Å²) < 4.78 is 8.41. The highest BCUT2D eigenvalue weighted by Crippen LogP contribution is 2.22. The van der Waals surface area contributed by atoms with Gasteiger partial charge >= 0.3 is 0 Å². The fraction of sp³-hybridized carbons (Fsp3) is 0.100. The van der Waals surface area contributed by atoms with Gasteiger partial charge in [-0.1, -0.05) is 29.8 Å². The molecule has 4 aromatic rings. The van der Waals surface area contributed by atoms with Gasteiger partial charge in [-0.2, -0.15) is 5.10 Å². The van der Waals surface area contributed by atoms with Crippen LogP contribution in [0.2, 0.25) is 5.02 Å². The van der Waals surface area contributed by atoms with E-state index in [9.17, 15) is 4.79 Å². The lowest BCUT2D eigenvalue weighted by Crippen LogP contribution is -2.21. The molecule has 4 rings (SSSR count). The average molecular weight is 366 g/mol. The summed E-state index contributed by atoms with van der Waals surface area (Å²) in [6, 6.07) is 16.9. The van der Waals surface area contributed by atoms with Gasteiger partial charge in [-0.25, -0.2) is 4.52 Å². The number of benzene rings is 2. The number of hydrogen-bond acceptors (Lipinski definition) is 3. The lowest BCUT2D eigenvalue weighted by Gasteiger charge is -2.07. The highest BCUT2D eigenvalue weighted by Gasteiger charge is 2.10. The summed E-state index contributed by atoms with van der Waals surface area (Å²) in [5.41, 5.74) is 2.97. The smallest absolute Gasteiger partial charge is 0.276 e. The largest absolute Gasteiger partial charge is 0.497 e. The molecule has 0 amide bonds. The number of nitrogens with zero attached hydrogens (tertiary/aromatic N) is 3. The number of hydrogen-bond donors (Lipinski definition) is 0. The molecule has 2 heterocycles. The lowest BCUT2D eigenvalue weighted by molar-refractivity contribution is 0.415. The number of fused-ring (bicyclic) bond motifs is 1. The molecule has 0 N–H and O–H groups in total. The maximum Gasteiger partial charge on any atom is 0.276 e. The first-order chi connectivity index (χ1) is 12.7. The van der Waals surface area contributed by atoms with Crippen LogP contribution in [-0.4, -0.2) is 21.3 Å². The molecule has 0 radical (unpaired) electrons. The van der Waals surface area contributed by atoms with E-state index in [1.54, 1.807) is 34.7 Å². The normalized spacial score (nSPS) is 11.0. The fourth-order valence-electron chi connectivity index (χ4n) is 2.86. The van der Waals surface area contributed by atoms with Crippen LogP contribution in [0.25, 0.3) is 16.8 Å². The van der Waals surface area contributed by atoms with Gasteiger partial charge in [0.2, 0.25) is 0 Å². The molecule has 6 heteroatoms. The Balaban J connectivity index is 1.73. The quantitative estimate of drug-likeness (QED) is 0.551. The zero-order valence-corrected chi connectivity index (χ0v) is 14.8. The maximum absolute atomic E-state index is 12.8. The van der Waals surface area contributed by atoms with Crippen molar-refractivity contribution in [3.63, 3.8) is 0 Å². The molecule has 0 fully saturated rings. The van der Waals surface area contributed by atoms with Gasteiger partial charge in [-0.05, 0) is 42.0 Å². The van der Waals surface area contributed by atoms with Gasteiger partial charge in [0.05, 0.1) is 19.3 Å². The van der Waals surface area contributed by atoms with Crippen molar-refractivity contribution in [3.05, 3.63) is 87.9 Å². The van der Waals surface area contributed by atoms with Gasteiger partial charge in [0.15, 0.2) is 0 Å². The monoisotopic (exact) mass is 365 g/mol. The van der Waals surface area contributed by atoms with Gasteiger partial charge < -0.3 is 9.30 Å². The maximum atomic E-state index is 12.8. The number of ether oxygens (including phenoxy) is 1. The summed E-state index contributed by atoms with van der Waals surface area (Å²) in [4.78, 5) is 12.8. The molecule has 0 saturated heterocycles. The molecule has 130 valence electrons. The third-order valence-electron chi connectivity index (χ3n) is 4.29. The molecule has 0 unspecified atom stereocenters. The van der Waals surface area contributed by atoms with Gasteiger partial charge in [0.1, 0.15) is 11.3 Å². The Labute approximate surface area is 155 Å². The van der Waals surface area contributed by atoms with Crippen molar-refractivity contribution in [2.45, 2.75) is 6.54 Å². The number of rotatable bonds is 4. The van der Waals surface area contributed by atoms with Crippen LogP contribution in [0.3, 0.4) is 0 Å². The second-order valence-corrected chi connectivity index (χ2v) is 6.32. The molecule has 0 aliphatic carbocycles. The second-order valence-electron chi connectivity index (χ2n) is 5.91. The molecule has 0 spiro atoms. The first-order valence-electron chi connectivity index (χ1n) is 8.12. The molecule has 0 bridgehead atoms. The van der Waals surface area contributed by atoms with Crippen LogP contribution in [0.15, 0.2) is 71.8 Å². The SMILES string of the molecule is COc1ccc(-c2cc3c(=O)n(Cc4ccccc4Cl)ccn3n2)cc1. The van der Waals surface area contributed by atoms with Crippen LogP contribution in [0.4, 0.5) is 0 Å². The Kier molecular flexibility index (Phi) is 4.22. The van der Waals surface area contributed by atoms with Crippen molar-refractivity contribution in [2.24, 2.45) is 0 Å². The molecule has 2 aromatic heterocycles. The fourth-order valence-corrected chi connectivity index (χ4v) is 3.06. The van der Waals surface area contributed by atoms with E-state index >= 15 is 0 Å². The minimum absolute atomic E-state index is 0.111. The van der Waals surface area contributed by atoms with E-state index in [-0.39, 0.29) is 5.56 Å². The van der Waals surface area contributed by atoms with E-state index in [0.717, 1.165) is 22.6 Å². The van der Waals surface area contributed by atoms with E-state index < -0.39 is 0 Å². The summed E-state index contributed by atoms with van der Waals surface area (Å²) >= 11 is 6.21. The minimum Gasteiger partial charge on any atom is -0.497 e. The van der Waals surface area contributed by atoms with Gasteiger partial charge in [-0.3, -0.25) is 4.79 Å². The van der Waals surface area contributed by atoms with Crippen LogP contribution >= 0.6 is 11.6 Å². The molecule has 26 heavy (non-hydrogen) atoms. The molecule has 0 saturated carbocycles. The van der Waals surface area contributed by atoms with Crippen molar-refractivity contribution in [2.75, 3.05) is 7.11 Å². The van der Waals surface area contributed by atoms with Crippen LogP contribution in [-0.2, 0) is 6.54 Å². The van der Waals surface area contributed by atoms with Crippen LogP contribution in [0, 0.1) is 0 Å². The molecule has 2 aromatic carbocycles. The van der Waals surface area contributed by atoms with Crippen molar-refractivity contribution in [1.82, 2.24) is 14.2 Å². The third-order valence-corrected chi connectivity index (χ3v) is 4.66. The van der Waals surface area contributed by atoms with Crippen molar-refractivity contribution >= 4 is 17.1 Å². The zero-order chi connectivity index (χ0) is 18.1. The number of halogens is 1. The first-order valence-corrected chi connectivity index (χ1v) is 8.50. The Hall–Kier alpha value is -3.05. The topological polar surface area (TPSA) is 48.5 Å². The van der Waals surface area contributed by atoms with Crippen LogP contribution in [0.1, 0.15) is 5.56 Å². The third kappa shape index (κ3) is 2.97. The Bertz CT molecular complexity index is 1130. The van der Waals surface area contributed by atoms with Gasteiger partial charge in [-0.15, -0.1) is 0 Å². The highest BCUT2D eigenvalue weighted by molar-refractivity contribution is 6.31. The molecule has 0 aliphatic heterocycles. The molecule has 5 nitrogen and oxygen atoms in total. The Morgan fingerprint density at radius 3 is 2.58 bits per heavy atom. The number of aromatic nitrogens is 3. The first kappa shape index (κ1) is 16.4. The van der Waals surface area contributed by atoms with Crippen molar-refractivity contribution in [1.29, 1.82) is 0 Å². The molecular weight excluding hydrogens is 350 g/mol. The molecule has 0 aliphatic rings. The summed E-state index contributed by atoms with van der Waals surface area (Å²) in [6.07, 6.45) is 3.50. The molecule has 0 atom stereocenters. The van der Waals surface area contributed by atoms with E-state index in [1.165, 1.54) is 0 Å². The van der Waals surface area contributed by atoms with Gasteiger partial charge in [0.25, 0.3) is 5.56 Å². The minimum atomic E-state index is -0.111. The van der Waals surface area contributed by atoms with E-state index in [1.807, 2.05) is 48.5 Å². The summed E-state index contributed by atoms with van der Waals surface area (Å²) in [5, 5.41) is 5.15. The van der Waals surface area contributed by atoms with Crippen molar-refractivity contribution in [3.8, 4) is 17.0 Å². The van der Waals surface area contributed by atoms with Crippen LogP contribution in [0.5, 0.6) is 5.75 Å². The van der Waals surface area contributed by atoms with Gasteiger partial charge in [0, 0.05) is 23.0 Å². The number of methoxy groups -OCH3 is 1. The lowest BCUT2D eigenvalue weighted by atomic mass is 10.1. The summed E-state index contributed by atoms with van der Waals surface area (Å²) in [7, 11) is 1.63. The second kappa shape index (κ2) is 6.69. The predicted octanol–water partition coefficient (Wildman–Crippen LogP) is 3.87. The molecular formula is C20H16ClN3O2.